The molecule has 0 saturated carbocycles. The molecule has 2 unspecified atom stereocenters. The minimum Gasteiger partial charge on any atom is -0.488 e. The van der Waals surface area contributed by atoms with E-state index in [9.17, 15) is 4.79 Å². The van der Waals surface area contributed by atoms with Crippen LogP contribution in [0, 0.1) is 0 Å². The van der Waals surface area contributed by atoms with E-state index >= 15 is 0 Å². The van der Waals surface area contributed by atoms with Gasteiger partial charge in [0, 0.05) is 18.5 Å². The number of pyridine rings is 3. The number of fused-ring (bicyclic) bond motifs is 2. The molecule has 27 heavy (non-hydrogen) atoms. The highest BCUT2D eigenvalue weighted by Gasteiger charge is 2.20. The third-order valence-corrected chi connectivity index (χ3v) is 5.23. The maximum absolute atomic E-state index is 12.7. The Bertz CT molecular complexity index is 1230. The van der Waals surface area contributed by atoms with Crippen LogP contribution in [0.5, 0.6) is 5.75 Å². The van der Waals surface area contributed by atoms with Crippen LogP contribution in [0.2, 0.25) is 0 Å². The lowest BCUT2D eigenvalue weighted by molar-refractivity contribution is 0.207. The fourth-order valence-corrected chi connectivity index (χ4v) is 3.79. The fourth-order valence-electron chi connectivity index (χ4n) is 3.79. The third kappa shape index (κ3) is 2.50. The largest absolute Gasteiger partial charge is 0.488 e. The number of nitrogens with zero attached hydrogens (tertiary/aromatic N) is 4. The summed E-state index contributed by atoms with van der Waals surface area (Å²) < 4.78 is 7.72. The Labute approximate surface area is 155 Å². The summed E-state index contributed by atoms with van der Waals surface area (Å²) in [6, 6.07) is 7.53. The first kappa shape index (κ1) is 16.0. The summed E-state index contributed by atoms with van der Waals surface area (Å²) in [6.45, 7) is 4.25. The predicted octanol–water partition coefficient (Wildman–Crippen LogP) is 3.32. The van der Waals surface area contributed by atoms with E-state index < -0.39 is 0 Å². The SMILES string of the molecule is CC1CCC(C)c2ccnc3ccc(nc23)-n2c(=O)[nH]c3nccc(c32)O1. The topological polar surface area (TPSA) is 85.7 Å². The van der Waals surface area contributed by atoms with Gasteiger partial charge in [-0.25, -0.2) is 19.3 Å². The number of nitrogens with one attached hydrogen (secondary N) is 1. The molecule has 136 valence electrons. The Kier molecular flexibility index (Phi) is 3.50. The van der Waals surface area contributed by atoms with Crippen LogP contribution in [0.15, 0.2) is 41.5 Å². The summed E-state index contributed by atoms with van der Waals surface area (Å²) in [7, 11) is 0. The van der Waals surface area contributed by atoms with Crippen molar-refractivity contribution in [2.45, 2.75) is 38.7 Å². The quantitative estimate of drug-likeness (QED) is 0.519. The minimum absolute atomic E-state index is 0.0135. The van der Waals surface area contributed by atoms with E-state index in [0.717, 1.165) is 29.4 Å². The van der Waals surface area contributed by atoms with Crippen molar-refractivity contribution in [3.63, 3.8) is 0 Å². The molecule has 2 bridgehead atoms. The van der Waals surface area contributed by atoms with Gasteiger partial charge in [0.1, 0.15) is 17.1 Å². The van der Waals surface area contributed by atoms with E-state index in [0.29, 0.717) is 28.6 Å². The van der Waals surface area contributed by atoms with Crippen LogP contribution in [0.25, 0.3) is 28.0 Å². The summed E-state index contributed by atoms with van der Waals surface area (Å²) in [6.07, 6.45) is 5.35. The van der Waals surface area contributed by atoms with Crippen LogP contribution in [0.4, 0.5) is 0 Å². The van der Waals surface area contributed by atoms with Gasteiger partial charge in [0.05, 0.1) is 17.1 Å². The average Bonchev–Trinajstić information content (AvgIpc) is 3.01. The number of ether oxygens (including phenoxy) is 1. The summed E-state index contributed by atoms with van der Waals surface area (Å²) in [5.74, 6) is 1.47. The van der Waals surface area contributed by atoms with E-state index in [1.54, 1.807) is 12.3 Å². The predicted molar refractivity (Wildman–Crippen MR) is 103 cm³/mol. The van der Waals surface area contributed by atoms with E-state index in [-0.39, 0.29) is 11.8 Å². The van der Waals surface area contributed by atoms with Gasteiger partial charge >= 0.3 is 5.69 Å². The van der Waals surface area contributed by atoms with Gasteiger partial charge in [0.25, 0.3) is 0 Å². The number of imidazole rings is 1. The molecule has 5 rings (SSSR count). The van der Waals surface area contributed by atoms with Gasteiger partial charge in [-0.15, -0.1) is 0 Å². The molecule has 5 heterocycles. The van der Waals surface area contributed by atoms with Crippen molar-refractivity contribution in [3.8, 4) is 11.6 Å². The Balaban J connectivity index is 1.89. The molecule has 2 atom stereocenters. The smallest absolute Gasteiger partial charge is 0.333 e. The molecule has 0 amide bonds. The zero-order valence-electron chi connectivity index (χ0n) is 15.1. The highest BCUT2D eigenvalue weighted by molar-refractivity contribution is 5.82. The average molecular weight is 361 g/mol. The molecule has 4 aromatic heterocycles. The number of hydrogen-bond donors (Lipinski definition) is 1. The van der Waals surface area contributed by atoms with Crippen molar-refractivity contribution in [3.05, 3.63) is 52.7 Å². The summed E-state index contributed by atoms with van der Waals surface area (Å²) in [5.41, 5.74) is 3.62. The van der Waals surface area contributed by atoms with Crippen molar-refractivity contribution in [2.75, 3.05) is 0 Å². The second kappa shape index (κ2) is 5.90. The monoisotopic (exact) mass is 361 g/mol. The Hall–Kier alpha value is -3.22. The highest BCUT2D eigenvalue weighted by Crippen LogP contribution is 2.31. The van der Waals surface area contributed by atoms with Crippen LogP contribution in [0.1, 0.15) is 38.2 Å². The van der Waals surface area contributed by atoms with E-state index in [2.05, 4.69) is 28.8 Å². The number of aromatic nitrogens is 5. The van der Waals surface area contributed by atoms with Crippen LogP contribution in [-0.4, -0.2) is 30.6 Å². The molecule has 0 radical (unpaired) electrons. The third-order valence-electron chi connectivity index (χ3n) is 5.23. The summed E-state index contributed by atoms with van der Waals surface area (Å²) in [5, 5.41) is 0. The molecule has 1 aliphatic rings. The molecule has 0 saturated heterocycles. The zero-order chi connectivity index (χ0) is 18.5. The first-order valence-corrected chi connectivity index (χ1v) is 9.14. The molecule has 0 aromatic carbocycles. The molecular formula is C20H19N5O2. The molecular weight excluding hydrogens is 342 g/mol. The molecule has 1 aliphatic heterocycles. The molecule has 0 fully saturated rings. The van der Waals surface area contributed by atoms with Gasteiger partial charge in [0.2, 0.25) is 0 Å². The number of aromatic amines is 1. The van der Waals surface area contributed by atoms with Crippen molar-refractivity contribution in [2.24, 2.45) is 0 Å². The first-order chi connectivity index (χ1) is 13.1. The number of H-pyrrole nitrogens is 1. The van der Waals surface area contributed by atoms with Crippen molar-refractivity contribution in [1.82, 2.24) is 24.5 Å². The highest BCUT2D eigenvalue weighted by atomic mass is 16.5. The van der Waals surface area contributed by atoms with E-state index in [4.69, 9.17) is 9.72 Å². The second-order valence-corrected chi connectivity index (χ2v) is 7.12. The Morgan fingerprint density at radius 2 is 1.96 bits per heavy atom. The second-order valence-electron chi connectivity index (χ2n) is 7.12. The van der Waals surface area contributed by atoms with E-state index in [1.165, 1.54) is 4.57 Å². The summed E-state index contributed by atoms with van der Waals surface area (Å²) in [4.78, 5) is 29.1. The summed E-state index contributed by atoms with van der Waals surface area (Å²) >= 11 is 0. The zero-order valence-corrected chi connectivity index (χ0v) is 15.1. The van der Waals surface area contributed by atoms with E-state index in [1.807, 2.05) is 24.4 Å². The van der Waals surface area contributed by atoms with Gasteiger partial charge < -0.3 is 4.74 Å². The lowest BCUT2D eigenvalue weighted by Gasteiger charge is -2.20. The van der Waals surface area contributed by atoms with Gasteiger partial charge in [-0.1, -0.05) is 6.92 Å². The van der Waals surface area contributed by atoms with Crippen molar-refractivity contribution in [1.29, 1.82) is 0 Å². The Morgan fingerprint density at radius 1 is 1.11 bits per heavy atom. The first-order valence-electron chi connectivity index (χ1n) is 9.14. The van der Waals surface area contributed by atoms with Gasteiger partial charge in [-0.2, -0.15) is 0 Å². The van der Waals surface area contributed by atoms with Crippen LogP contribution in [-0.2, 0) is 0 Å². The van der Waals surface area contributed by atoms with Gasteiger partial charge in [0.15, 0.2) is 5.65 Å². The van der Waals surface area contributed by atoms with Crippen LogP contribution in [0.3, 0.4) is 0 Å². The maximum atomic E-state index is 12.7. The number of rotatable bonds is 0. The van der Waals surface area contributed by atoms with Crippen LogP contribution < -0.4 is 10.4 Å². The molecule has 7 nitrogen and oxygen atoms in total. The molecule has 0 spiro atoms. The lowest BCUT2D eigenvalue weighted by Crippen LogP contribution is -2.18. The Morgan fingerprint density at radius 3 is 2.85 bits per heavy atom. The number of hydrogen-bond acceptors (Lipinski definition) is 5. The molecule has 4 aromatic rings. The maximum Gasteiger partial charge on any atom is 0.333 e. The molecule has 0 aliphatic carbocycles. The molecule has 1 N–H and O–H groups in total. The van der Waals surface area contributed by atoms with Gasteiger partial charge in [-0.05, 0) is 49.4 Å². The van der Waals surface area contributed by atoms with Gasteiger partial charge in [-0.3, -0.25) is 9.97 Å². The standard InChI is InChI=1S/C20H19N5O2/c1-11-3-4-12(2)27-15-8-10-22-19-18(15)25(20(26)24-19)16-6-5-14-17(23-16)13(11)7-9-21-14/h5-12H,3-4H2,1-2H3,(H,22,24,26). The van der Waals surface area contributed by atoms with Crippen molar-refractivity contribution < 1.29 is 4.74 Å². The molecule has 7 heteroatoms. The lowest BCUT2D eigenvalue weighted by atomic mass is 9.94. The fraction of sp³-hybridized carbons (Fsp3) is 0.300. The normalized spacial score (nSPS) is 19.6. The minimum atomic E-state index is -0.288. The van der Waals surface area contributed by atoms with Crippen molar-refractivity contribution >= 4 is 22.2 Å². The van der Waals surface area contributed by atoms with Crippen LogP contribution >= 0.6 is 0 Å².